The highest BCUT2D eigenvalue weighted by atomic mass is 35.5. The van der Waals surface area contributed by atoms with Crippen LogP contribution in [0, 0.1) is 5.82 Å². The van der Waals surface area contributed by atoms with Crippen LogP contribution in [0.1, 0.15) is 48.9 Å². The van der Waals surface area contributed by atoms with Gasteiger partial charge in [-0.3, -0.25) is 0 Å². The van der Waals surface area contributed by atoms with Crippen molar-refractivity contribution in [1.29, 1.82) is 0 Å². The molecule has 0 amide bonds. The molecule has 2 rings (SSSR count). The van der Waals surface area contributed by atoms with Gasteiger partial charge >= 0.3 is 5.97 Å². The number of aromatic hydroxyl groups is 1. The Kier molecular flexibility index (Phi) is 6.50. The third-order valence-electron chi connectivity index (χ3n) is 4.17. The van der Waals surface area contributed by atoms with Gasteiger partial charge in [0.25, 0.3) is 0 Å². The molecule has 0 aliphatic rings. The van der Waals surface area contributed by atoms with E-state index in [1.54, 1.807) is 13.0 Å². The maximum atomic E-state index is 14.9. The minimum absolute atomic E-state index is 0.0742. The lowest BCUT2D eigenvalue weighted by atomic mass is 9.92. The van der Waals surface area contributed by atoms with Crippen molar-refractivity contribution in [2.75, 3.05) is 6.61 Å². The molecule has 0 atom stereocenters. The average molecular weight is 393 g/mol. The van der Waals surface area contributed by atoms with Crippen molar-refractivity contribution in [3.05, 3.63) is 63.9 Å². The Morgan fingerprint density at radius 3 is 2.56 bits per heavy atom. The molecule has 6 heteroatoms. The summed E-state index contributed by atoms with van der Waals surface area (Å²) in [6.07, 6.45) is 0.200. The lowest BCUT2D eigenvalue weighted by Gasteiger charge is -2.17. The highest BCUT2D eigenvalue weighted by Crippen LogP contribution is 2.35. The molecule has 0 aliphatic carbocycles. The van der Waals surface area contributed by atoms with Crippen LogP contribution in [-0.2, 0) is 11.2 Å². The topological polar surface area (TPSA) is 66.8 Å². The van der Waals surface area contributed by atoms with Crippen LogP contribution in [0.2, 0.25) is 5.02 Å². The summed E-state index contributed by atoms with van der Waals surface area (Å²) in [6, 6.07) is 6.17. The van der Waals surface area contributed by atoms with Crippen LogP contribution in [0.25, 0.3) is 5.57 Å². The van der Waals surface area contributed by atoms with E-state index >= 15 is 0 Å². The van der Waals surface area contributed by atoms with Crippen molar-refractivity contribution >= 4 is 23.1 Å². The first kappa shape index (κ1) is 20.8. The summed E-state index contributed by atoms with van der Waals surface area (Å²) >= 11 is 6.39. The number of benzene rings is 2. The Balaban J connectivity index is 2.49. The van der Waals surface area contributed by atoms with Crippen LogP contribution in [0.3, 0.4) is 0 Å². The quantitative estimate of drug-likeness (QED) is 0.662. The molecule has 0 unspecified atom stereocenters. The third-order valence-corrected chi connectivity index (χ3v) is 4.51. The summed E-state index contributed by atoms with van der Waals surface area (Å²) in [5.41, 5.74) is 2.69. The van der Waals surface area contributed by atoms with E-state index < -0.39 is 18.4 Å². The molecule has 0 fully saturated rings. The lowest BCUT2D eigenvalue weighted by Crippen LogP contribution is -2.10. The molecular formula is C21H22ClFO4. The molecule has 0 bridgehead atoms. The summed E-state index contributed by atoms with van der Waals surface area (Å²) in [6.45, 7) is 8.83. The Morgan fingerprint density at radius 2 is 2.00 bits per heavy atom. The number of aliphatic carboxylic acids is 1. The van der Waals surface area contributed by atoms with E-state index in [1.807, 2.05) is 13.8 Å². The lowest BCUT2D eigenvalue weighted by molar-refractivity contribution is -0.139. The van der Waals surface area contributed by atoms with Gasteiger partial charge in [-0.1, -0.05) is 43.7 Å². The average Bonchev–Trinajstić information content (AvgIpc) is 2.56. The van der Waals surface area contributed by atoms with Gasteiger partial charge in [0.05, 0.1) is 0 Å². The first-order valence-corrected chi connectivity index (χ1v) is 8.82. The van der Waals surface area contributed by atoms with Gasteiger partial charge in [0.1, 0.15) is 17.3 Å². The molecule has 144 valence electrons. The Labute approximate surface area is 162 Å². The van der Waals surface area contributed by atoms with Gasteiger partial charge in [-0.25, -0.2) is 9.18 Å². The van der Waals surface area contributed by atoms with E-state index in [4.69, 9.17) is 21.4 Å². The molecule has 0 aromatic heterocycles. The summed E-state index contributed by atoms with van der Waals surface area (Å²) in [4.78, 5) is 10.7. The van der Waals surface area contributed by atoms with Crippen LogP contribution < -0.4 is 4.74 Å². The SMILES string of the molecule is C=C(C)c1cc(OCC(=O)O)cc(Cl)c1Cc1ccc(O)c(C(C)C)c1F. The van der Waals surface area contributed by atoms with Crippen LogP contribution in [0.15, 0.2) is 30.8 Å². The highest BCUT2D eigenvalue weighted by molar-refractivity contribution is 6.31. The van der Waals surface area contributed by atoms with Gasteiger partial charge < -0.3 is 14.9 Å². The summed E-state index contributed by atoms with van der Waals surface area (Å²) < 4.78 is 20.1. The van der Waals surface area contributed by atoms with Crippen molar-refractivity contribution in [3.63, 3.8) is 0 Å². The fourth-order valence-electron chi connectivity index (χ4n) is 2.90. The molecule has 2 aromatic rings. The minimum atomic E-state index is -1.10. The minimum Gasteiger partial charge on any atom is -0.508 e. The van der Waals surface area contributed by atoms with Crippen molar-refractivity contribution in [1.82, 2.24) is 0 Å². The Hall–Kier alpha value is -2.53. The second-order valence-electron chi connectivity index (χ2n) is 6.70. The van der Waals surface area contributed by atoms with Crippen LogP contribution >= 0.6 is 11.6 Å². The standard InChI is InChI=1S/C21H22ClFO4/c1-11(2)15-8-14(27-10-19(25)26)9-17(22)16(15)7-13-5-6-18(24)20(12(3)4)21(13)23/h5-6,8-9,12,24H,1,7,10H2,2-4H3,(H,25,26). The predicted octanol–water partition coefficient (Wildman–Crippen LogP) is 5.40. The fraction of sp³-hybridized carbons (Fsp3) is 0.286. The number of allylic oxidation sites excluding steroid dienone is 1. The molecule has 27 heavy (non-hydrogen) atoms. The number of phenolic OH excluding ortho intramolecular Hbond substituents is 1. The number of carboxylic acid groups (broad SMARTS) is 1. The van der Waals surface area contributed by atoms with Gasteiger partial charge in [0.2, 0.25) is 0 Å². The normalized spacial score (nSPS) is 10.9. The van der Waals surface area contributed by atoms with Gasteiger partial charge in [-0.05, 0) is 47.7 Å². The fourth-order valence-corrected chi connectivity index (χ4v) is 3.18. The molecule has 4 nitrogen and oxygen atoms in total. The van der Waals surface area contributed by atoms with Crippen LogP contribution in [-0.4, -0.2) is 22.8 Å². The van der Waals surface area contributed by atoms with Crippen molar-refractivity contribution in [2.24, 2.45) is 0 Å². The van der Waals surface area contributed by atoms with E-state index in [1.165, 1.54) is 18.2 Å². The van der Waals surface area contributed by atoms with Crippen molar-refractivity contribution in [3.8, 4) is 11.5 Å². The van der Waals surface area contributed by atoms with E-state index in [2.05, 4.69) is 6.58 Å². The molecule has 0 saturated carbocycles. The number of rotatable bonds is 7. The van der Waals surface area contributed by atoms with Gasteiger partial charge in [0.15, 0.2) is 6.61 Å². The second-order valence-corrected chi connectivity index (χ2v) is 7.10. The molecule has 0 aliphatic heterocycles. The molecule has 0 heterocycles. The van der Waals surface area contributed by atoms with Crippen molar-refractivity contribution < 1.29 is 24.1 Å². The molecule has 2 aromatic carbocycles. The zero-order valence-corrected chi connectivity index (χ0v) is 16.2. The first-order valence-electron chi connectivity index (χ1n) is 8.45. The van der Waals surface area contributed by atoms with E-state index in [0.717, 1.165) is 0 Å². The number of carbonyl (C=O) groups is 1. The molecule has 0 saturated heterocycles. The van der Waals surface area contributed by atoms with Crippen molar-refractivity contribution in [2.45, 2.75) is 33.1 Å². The molecular weight excluding hydrogens is 371 g/mol. The number of ether oxygens (including phenoxy) is 1. The number of hydrogen-bond acceptors (Lipinski definition) is 3. The Morgan fingerprint density at radius 1 is 1.33 bits per heavy atom. The third kappa shape index (κ3) is 4.80. The van der Waals surface area contributed by atoms with Gasteiger partial charge in [-0.15, -0.1) is 0 Å². The smallest absolute Gasteiger partial charge is 0.341 e. The zero-order valence-electron chi connectivity index (χ0n) is 15.5. The molecule has 0 spiro atoms. The van der Waals surface area contributed by atoms with Gasteiger partial charge in [0, 0.05) is 17.0 Å². The number of carboxylic acids is 1. The van der Waals surface area contributed by atoms with E-state index in [-0.39, 0.29) is 23.7 Å². The monoisotopic (exact) mass is 392 g/mol. The largest absolute Gasteiger partial charge is 0.508 e. The summed E-state index contributed by atoms with van der Waals surface area (Å²) in [7, 11) is 0. The maximum absolute atomic E-state index is 14.9. The zero-order chi connectivity index (χ0) is 20.3. The van der Waals surface area contributed by atoms with E-state index in [0.29, 0.717) is 33.0 Å². The predicted molar refractivity (Wildman–Crippen MR) is 104 cm³/mol. The maximum Gasteiger partial charge on any atom is 0.341 e. The van der Waals surface area contributed by atoms with Gasteiger partial charge in [-0.2, -0.15) is 0 Å². The van der Waals surface area contributed by atoms with Crippen LogP contribution in [0.4, 0.5) is 4.39 Å². The Bertz CT molecular complexity index is 890. The van der Waals surface area contributed by atoms with E-state index in [9.17, 15) is 14.3 Å². The number of hydrogen-bond donors (Lipinski definition) is 2. The number of halogens is 2. The number of phenols is 1. The highest BCUT2D eigenvalue weighted by Gasteiger charge is 2.19. The molecule has 0 radical (unpaired) electrons. The summed E-state index contributed by atoms with van der Waals surface area (Å²) in [5.74, 6) is -1.50. The summed E-state index contributed by atoms with van der Waals surface area (Å²) in [5, 5.41) is 19.0. The molecule has 2 N–H and O–H groups in total. The van der Waals surface area contributed by atoms with Crippen LogP contribution in [0.5, 0.6) is 11.5 Å². The first-order chi connectivity index (χ1) is 12.6. The second kappa shape index (κ2) is 8.44.